The number of rotatable bonds is 3. The predicted octanol–water partition coefficient (Wildman–Crippen LogP) is 2.90. The molecule has 16 heavy (non-hydrogen) atoms. The van der Waals surface area contributed by atoms with Gasteiger partial charge in [0.05, 0.1) is 0 Å². The zero-order chi connectivity index (χ0) is 11.5. The van der Waals surface area contributed by atoms with E-state index in [9.17, 15) is 5.11 Å². The van der Waals surface area contributed by atoms with Crippen LogP contribution in [0, 0.1) is 0 Å². The number of aliphatic hydroxyl groups is 1. The van der Waals surface area contributed by atoms with E-state index in [1.807, 2.05) is 60.8 Å². The van der Waals surface area contributed by atoms with Crippen LogP contribution < -0.4 is 4.90 Å². The lowest BCUT2D eigenvalue weighted by atomic mass is 10.1. The Hall–Kier alpha value is -1.32. The Bertz CT molecular complexity index is 433. The zero-order valence-corrected chi connectivity index (χ0v) is 10.2. The Morgan fingerprint density at radius 1 is 1.12 bits per heavy atom. The number of aliphatic hydroxyl groups excluding tert-OH is 1. The van der Waals surface area contributed by atoms with E-state index in [-0.39, 0.29) is 0 Å². The third kappa shape index (κ3) is 2.26. The minimum Gasteiger partial charge on any atom is -0.383 e. The van der Waals surface area contributed by atoms with Crippen LogP contribution in [0.25, 0.3) is 0 Å². The summed E-state index contributed by atoms with van der Waals surface area (Å²) in [6.07, 6.45) is -0.504. The van der Waals surface area contributed by atoms with Crippen LogP contribution >= 0.6 is 11.3 Å². The summed E-state index contributed by atoms with van der Waals surface area (Å²) in [6, 6.07) is 11.9. The minimum atomic E-state index is -0.504. The maximum atomic E-state index is 10.1. The van der Waals surface area contributed by atoms with Gasteiger partial charge in [0.1, 0.15) is 6.10 Å². The van der Waals surface area contributed by atoms with E-state index in [1.165, 1.54) is 0 Å². The Balaban J connectivity index is 2.22. The maximum Gasteiger partial charge on any atom is 0.113 e. The van der Waals surface area contributed by atoms with Crippen molar-refractivity contribution in [1.82, 2.24) is 0 Å². The SMILES string of the molecule is CN(C)c1ccc([C@@H](O)c2cccs2)cc1. The third-order valence-corrected chi connectivity index (χ3v) is 3.46. The molecule has 2 rings (SSSR count). The van der Waals surface area contributed by atoms with Gasteiger partial charge >= 0.3 is 0 Å². The van der Waals surface area contributed by atoms with Crippen LogP contribution in [0.5, 0.6) is 0 Å². The summed E-state index contributed by atoms with van der Waals surface area (Å²) >= 11 is 1.58. The molecule has 84 valence electrons. The first-order valence-electron chi connectivity index (χ1n) is 5.17. The van der Waals surface area contributed by atoms with Crippen LogP contribution in [-0.2, 0) is 0 Å². The number of hydrogen-bond donors (Lipinski definition) is 1. The van der Waals surface area contributed by atoms with Gasteiger partial charge in [0.25, 0.3) is 0 Å². The van der Waals surface area contributed by atoms with Crippen LogP contribution in [0.4, 0.5) is 5.69 Å². The molecule has 2 nitrogen and oxygen atoms in total. The third-order valence-electron chi connectivity index (χ3n) is 2.54. The highest BCUT2D eigenvalue weighted by molar-refractivity contribution is 7.10. The van der Waals surface area contributed by atoms with Crippen LogP contribution in [0.15, 0.2) is 41.8 Å². The first kappa shape index (κ1) is 11.2. The Labute approximate surface area is 99.8 Å². The molecule has 0 fully saturated rings. The van der Waals surface area contributed by atoms with Crippen molar-refractivity contribution < 1.29 is 5.11 Å². The van der Waals surface area contributed by atoms with Gasteiger partial charge in [-0.3, -0.25) is 0 Å². The Morgan fingerprint density at radius 3 is 2.31 bits per heavy atom. The van der Waals surface area contributed by atoms with Crippen molar-refractivity contribution in [2.24, 2.45) is 0 Å². The number of thiophene rings is 1. The van der Waals surface area contributed by atoms with Crippen molar-refractivity contribution in [3.05, 3.63) is 52.2 Å². The lowest BCUT2D eigenvalue weighted by molar-refractivity contribution is 0.224. The van der Waals surface area contributed by atoms with Crippen molar-refractivity contribution in [3.63, 3.8) is 0 Å². The van der Waals surface area contributed by atoms with Gasteiger partial charge in [-0.15, -0.1) is 11.3 Å². The summed E-state index contributed by atoms with van der Waals surface area (Å²) in [4.78, 5) is 3.03. The molecule has 3 heteroatoms. The molecule has 0 spiro atoms. The van der Waals surface area contributed by atoms with Gasteiger partial charge in [0, 0.05) is 24.7 Å². The summed E-state index contributed by atoms with van der Waals surface area (Å²) in [5.74, 6) is 0. The molecule has 0 unspecified atom stereocenters. The second-order valence-corrected chi connectivity index (χ2v) is 4.88. The smallest absolute Gasteiger partial charge is 0.113 e. The molecule has 0 aliphatic heterocycles. The van der Waals surface area contributed by atoms with Gasteiger partial charge in [-0.2, -0.15) is 0 Å². The molecule has 1 aromatic carbocycles. The number of anilines is 1. The van der Waals surface area contributed by atoms with E-state index in [0.29, 0.717) is 0 Å². The van der Waals surface area contributed by atoms with Crippen LogP contribution in [0.3, 0.4) is 0 Å². The zero-order valence-electron chi connectivity index (χ0n) is 9.42. The molecule has 1 heterocycles. The van der Waals surface area contributed by atoms with E-state index >= 15 is 0 Å². The van der Waals surface area contributed by atoms with Gasteiger partial charge in [0.15, 0.2) is 0 Å². The summed E-state index contributed by atoms with van der Waals surface area (Å²) in [5, 5.41) is 12.1. The Kier molecular flexibility index (Phi) is 3.27. The van der Waals surface area contributed by atoms with E-state index in [4.69, 9.17) is 0 Å². The molecule has 0 radical (unpaired) electrons. The summed E-state index contributed by atoms with van der Waals surface area (Å²) < 4.78 is 0. The molecule has 0 saturated heterocycles. The average molecular weight is 233 g/mol. The highest BCUT2D eigenvalue weighted by Gasteiger charge is 2.10. The number of benzene rings is 1. The molecule has 0 aliphatic rings. The summed E-state index contributed by atoms with van der Waals surface area (Å²) in [7, 11) is 4.01. The van der Waals surface area contributed by atoms with Crippen molar-refractivity contribution in [2.45, 2.75) is 6.10 Å². The monoisotopic (exact) mass is 233 g/mol. The van der Waals surface area contributed by atoms with Gasteiger partial charge in [-0.25, -0.2) is 0 Å². The van der Waals surface area contributed by atoms with Crippen LogP contribution in [0.2, 0.25) is 0 Å². The molecule has 2 aromatic rings. The molecular weight excluding hydrogens is 218 g/mol. The average Bonchev–Trinajstić information content (AvgIpc) is 2.81. The fourth-order valence-corrected chi connectivity index (χ4v) is 2.30. The minimum absolute atomic E-state index is 0.504. The Morgan fingerprint density at radius 2 is 1.81 bits per heavy atom. The second kappa shape index (κ2) is 4.68. The van der Waals surface area contributed by atoms with Crippen molar-refractivity contribution in [3.8, 4) is 0 Å². The molecule has 0 aliphatic carbocycles. The van der Waals surface area contributed by atoms with Crippen molar-refractivity contribution >= 4 is 17.0 Å². The first-order valence-corrected chi connectivity index (χ1v) is 6.05. The van der Waals surface area contributed by atoms with Gasteiger partial charge < -0.3 is 10.0 Å². The molecule has 0 amide bonds. The highest BCUT2D eigenvalue weighted by Crippen LogP contribution is 2.26. The van der Waals surface area contributed by atoms with E-state index in [2.05, 4.69) is 0 Å². The van der Waals surface area contributed by atoms with Crippen molar-refractivity contribution in [1.29, 1.82) is 0 Å². The van der Waals surface area contributed by atoms with E-state index < -0.39 is 6.10 Å². The highest BCUT2D eigenvalue weighted by atomic mass is 32.1. The predicted molar refractivity (Wildman–Crippen MR) is 69.1 cm³/mol. The van der Waals surface area contributed by atoms with Crippen LogP contribution in [-0.4, -0.2) is 19.2 Å². The maximum absolute atomic E-state index is 10.1. The lowest BCUT2D eigenvalue weighted by Gasteiger charge is -2.14. The number of hydrogen-bond acceptors (Lipinski definition) is 3. The molecule has 0 saturated carbocycles. The first-order chi connectivity index (χ1) is 7.68. The molecule has 1 atom stereocenters. The standard InChI is InChI=1S/C13H15NOS/c1-14(2)11-7-5-10(6-8-11)13(15)12-4-3-9-16-12/h3-9,13,15H,1-2H3/t13-/m1/s1. The molecular formula is C13H15NOS. The molecule has 0 bridgehead atoms. The van der Waals surface area contributed by atoms with Gasteiger partial charge in [0.2, 0.25) is 0 Å². The van der Waals surface area contributed by atoms with Gasteiger partial charge in [-0.1, -0.05) is 18.2 Å². The van der Waals surface area contributed by atoms with Crippen LogP contribution in [0.1, 0.15) is 16.5 Å². The molecule has 1 aromatic heterocycles. The van der Waals surface area contributed by atoms with Gasteiger partial charge in [-0.05, 0) is 29.1 Å². The van der Waals surface area contributed by atoms with E-state index in [0.717, 1.165) is 16.1 Å². The lowest BCUT2D eigenvalue weighted by Crippen LogP contribution is -2.08. The summed E-state index contributed by atoms with van der Waals surface area (Å²) in [5.41, 5.74) is 2.08. The van der Waals surface area contributed by atoms with Crippen molar-refractivity contribution in [2.75, 3.05) is 19.0 Å². The number of nitrogens with zero attached hydrogens (tertiary/aromatic N) is 1. The quantitative estimate of drug-likeness (QED) is 0.881. The second-order valence-electron chi connectivity index (χ2n) is 3.90. The topological polar surface area (TPSA) is 23.5 Å². The van der Waals surface area contributed by atoms with E-state index in [1.54, 1.807) is 11.3 Å². The largest absolute Gasteiger partial charge is 0.383 e. The fourth-order valence-electron chi connectivity index (χ4n) is 1.57. The normalized spacial score (nSPS) is 12.4. The summed E-state index contributed by atoms with van der Waals surface area (Å²) in [6.45, 7) is 0. The fraction of sp³-hybridized carbons (Fsp3) is 0.231. The molecule has 1 N–H and O–H groups in total.